The zero-order valence-corrected chi connectivity index (χ0v) is 17.5. The van der Waals surface area contributed by atoms with Crippen molar-refractivity contribution in [1.29, 1.82) is 0 Å². The second kappa shape index (κ2) is 11.1. The fraction of sp³-hybridized carbons (Fsp3) is 0.304. The van der Waals surface area contributed by atoms with Gasteiger partial charge in [-0.3, -0.25) is 15.1 Å². The van der Waals surface area contributed by atoms with E-state index in [4.69, 9.17) is 5.73 Å². The Morgan fingerprint density at radius 1 is 1.37 bits per heavy atom. The van der Waals surface area contributed by atoms with Gasteiger partial charge < -0.3 is 10.8 Å². The first-order valence-electron chi connectivity index (χ1n) is 9.94. The number of nitrogens with two attached hydrogens (primary N) is 1. The van der Waals surface area contributed by atoms with Gasteiger partial charge in [0, 0.05) is 17.5 Å². The zero-order valence-electron chi connectivity index (χ0n) is 16.7. The Bertz CT molecular complexity index is 987. The van der Waals surface area contributed by atoms with E-state index in [1.54, 1.807) is 12.3 Å². The summed E-state index contributed by atoms with van der Waals surface area (Å²) in [7, 11) is 0. The maximum absolute atomic E-state index is 14.5. The van der Waals surface area contributed by atoms with Crippen LogP contribution < -0.4 is 11.1 Å². The van der Waals surface area contributed by atoms with Crippen LogP contribution in [0.25, 0.3) is 17.0 Å². The van der Waals surface area contributed by atoms with Gasteiger partial charge in [0.1, 0.15) is 5.83 Å². The van der Waals surface area contributed by atoms with Crippen LogP contribution >= 0.6 is 11.8 Å². The standard InChI is InChI=1S/C23H26FN3O2S/c24-19-8-4-2-1-3-7-18(19)21(14-28)27-15-30-22(23(25)29)13-16-9-10-20-17(12-16)6-5-11-26-20/h1,3,5-6,9-13,21,27-28H,2,4,7-8,14-15H2,(H2,25,29)/b3-1-,19-18-,22-13-. The van der Waals surface area contributed by atoms with Crippen LogP contribution in [-0.2, 0) is 4.79 Å². The summed E-state index contributed by atoms with van der Waals surface area (Å²) in [5.74, 6) is -0.380. The molecule has 0 aliphatic heterocycles. The highest BCUT2D eigenvalue weighted by atomic mass is 32.2. The van der Waals surface area contributed by atoms with Gasteiger partial charge >= 0.3 is 0 Å². The number of thioether (sulfide) groups is 1. The molecule has 1 unspecified atom stereocenters. The van der Waals surface area contributed by atoms with E-state index in [1.807, 2.05) is 42.5 Å². The molecule has 0 bridgehead atoms. The average molecular weight is 428 g/mol. The van der Waals surface area contributed by atoms with E-state index in [-0.39, 0.29) is 12.4 Å². The summed E-state index contributed by atoms with van der Waals surface area (Å²) in [6.07, 6.45) is 9.92. The molecule has 158 valence electrons. The number of hydrogen-bond acceptors (Lipinski definition) is 5. The van der Waals surface area contributed by atoms with Crippen LogP contribution in [0.3, 0.4) is 0 Å². The maximum Gasteiger partial charge on any atom is 0.255 e. The van der Waals surface area contributed by atoms with E-state index < -0.39 is 11.9 Å². The lowest BCUT2D eigenvalue weighted by Crippen LogP contribution is -2.35. The first-order chi connectivity index (χ1) is 14.6. The minimum absolute atomic E-state index is 0.161. The predicted octanol–water partition coefficient (Wildman–Crippen LogP) is 4.06. The lowest BCUT2D eigenvalue weighted by molar-refractivity contribution is -0.113. The van der Waals surface area contributed by atoms with Crippen molar-refractivity contribution < 1.29 is 14.3 Å². The number of rotatable bonds is 8. The molecular weight excluding hydrogens is 401 g/mol. The number of aromatic nitrogens is 1. The number of fused-ring (bicyclic) bond motifs is 1. The van der Waals surface area contributed by atoms with Gasteiger partial charge in [0.25, 0.3) is 5.91 Å². The quantitative estimate of drug-likeness (QED) is 0.336. The molecule has 0 saturated heterocycles. The molecule has 2 aromatic rings. The Morgan fingerprint density at radius 3 is 3.03 bits per heavy atom. The van der Waals surface area contributed by atoms with Gasteiger partial charge in [-0.15, -0.1) is 11.8 Å². The summed E-state index contributed by atoms with van der Waals surface area (Å²) in [6, 6.07) is 9.02. The number of primary amides is 1. The molecule has 0 saturated carbocycles. The zero-order chi connectivity index (χ0) is 21.3. The lowest BCUT2D eigenvalue weighted by atomic mass is 9.98. The number of allylic oxidation sites excluding steroid dienone is 3. The van der Waals surface area contributed by atoms with Crippen LogP contribution in [0.4, 0.5) is 4.39 Å². The van der Waals surface area contributed by atoms with Crippen LogP contribution in [0.2, 0.25) is 0 Å². The average Bonchev–Trinajstić information content (AvgIpc) is 2.74. The van der Waals surface area contributed by atoms with Crippen molar-refractivity contribution in [2.45, 2.75) is 31.7 Å². The highest BCUT2D eigenvalue weighted by Gasteiger charge is 2.18. The predicted molar refractivity (Wildman–Crippen MR) is 121 cm³/mol. The van der Waals surface area contributed by atoms with Gasteiger partial charge in [-0.25, -0.2) is 4.39 Å². The van der Waals surface area contributed by atoms with Crippen molar-refractivity contribution in [2.24, 2.45) is 5.73 Å². The number of aliphatic hydroxyl groups is 1. The molecule has 7 heteroatoms. The molecule has 0 fully saturated rings. The first-order valence-corrected chi connectivity index (χ1v) is 10.9. The summed E-state index contributed by atoms with van der Waals surface area (Å²) >= 11 is 1.23. The number of aliphatic hydroxyl groups excluding tert-OH is 1. The normalized spacial score (nSPS) is 19.9. The second-order valence-electron chi connectivity index (χ2n) is 7.05. The van der Waals surface area contributed by atoms with E-state index in [1.165, 1.54) is 11.8 Å². The molecule has 1 amide bonds. The van der Waals surface area contributed by atoms with Crippen molar-refractivity contribution in [1.82, 2.24) is 10.3 Å². The van der Waals surface area contributed by atoms with Crippen LogP contribution in [0.5, 0.6) is 0 Å². The van der Waals surface area contributed by atoms with Gasteiger partial charge in [0.15, 0.2) is 0 Å². The number of amides is 1. The molecule has 0 radical (unpaired) electrons. The van der Waals surface area contributed by atoms with Crippen molar-refractivity contribution in [3.05, 3.63) is 70.5 Å². The molecule has 1 heterocycles. The third kappa shape index (κ3) is 6.01. The van der Waals surface area contributed by atoms with E-state index in [2.05, 4.69) is 10.3 Å². The van der Waals surface area contributed by atoms with E-state index in [0.717, 1.165) is 29.3 Å². The SMILES string of the molecule is NC(=O)/C(=C/c1ccc2ncccc2c1)SCNC(CO)/C1=C(\F)CCC/C=C\C1. The molecule has 0 spiro atoms. The summed E-state index contributed by atoms with van der Waals surface area (Å²) in [4.78, 5) is 16.6. The molecule has 1 aliphatic carbocycles. The summed E-state index contributed by atoms with van der Waals surface area (Å²) in [5, 5.41) is 13.9. The molecular formula is C23H26FN3O2S. The lowest BCUT2D eigenvalue weighted by Gasteiger charge is -2.21. The molecule has 4 N–H and O–H groups in total. The molecule has 5 nitrogen and oxygen atoms in total. The van der Waals surface area contributed by atoms with E-state index in [0.29, 0.717) is 29.2 Å². The fourth-order valence-electron chi connectivity index (χ4n) is 3.34. The van der Waals surface area contributed by atoms with Gasteiger partial charge in [0.05, 0.1) is 23.1 Å². The topological polar surface area (TPSA) is 88.2 Å². The Labute approximate surface area is 180 Å². The molecule has 30 heavy (non-hydrogen) atoms. The number of nitrogens with one attached hydrogen (secondary N) is 1. The largest absolute Gasteiger partial charge is 0.394 e. The number of carbonyl (C=O) groups is 1. The van der Waals surface area contributed by atoms with Gasteiger partial charge in [-0.1, -0.05) is 24.3 Å². The van der Waals surface area contributed by atoms with Crippen molar-refractivity contribution in [3.8, 4) is 0 Å². The second-order valence-corrected chi connectivity index (χ2v) is 8.07. The van der Waals surface area contributed by atoms with Gasteiger partial charge in [-0.2, -0.15) is 0 Å². The van der Waals surface area contributed by atoms with Crippen LogP contribution in [0.15, 0.2) is 65.0 Å². The highest BCUT2D eigenvalue weighted by molar-refractivity contribution is 8.04. The smallest absolute Gasteiger partial charge is 0.255 e. The Balaban J connectivity index is 1.69. The molecule has 1 atom stereocenters. The Hall–Kier alpha value is -2.48. The minimum Gasteiger partial charge on any atom is -0.394 e. The fourth-order valence-corrected chi connectivity index (χ4v) is 4.14. The Kier molecular flexibility index (Phi) is 8.19. The highest BCUT2D eigenvalue weighted by Crippen LogP contribution is 2.25. The first kappa shape index (κ1) is 22.2. The monoisotopic (exact) mass is 427 g/mol. The van der Waals surface area contributed by atoms with Crippen molar-refractivity contribution >= 4 is 34.6 Å². The van der Waals surface area contributed by atoms with Crippen LogP contribution in [0, 0.1) is 0 Å². The number of pyridine rings is 1. The van der Waals surface area contributed by atoms with Gasteiger partial charge in [-0.05, 0) is 61.1 Å². The van der Waals surface area contributed by atoms with Crippen LogP contribution in [0.1, 0.15) is 31.2 Å². The number of benzene rings is 1. The molecule has 1 aliphatic rings. The Morgan fingerprint density at radius 2 is 2.23 bits per heavy atom. The minimum atomic E-state index is -0.534. The van der Waals surface area contributed by atoms with E-state index in [9.17, 15) is 14.3 Å². The number of halogens is 1. The van der Waals surface area contributed by atoms with E-state index >= 15 is 0 Å². The maximum atomic E-state index is 14.5. The van der Waals surface area contributed by atoms with Crippen molar-refractivity contribution in [3.63, 3.8) is 0 Å². The molecule has 3 rings (SSSR count). The molecule has 1 aromatic carbocycles. The van der Waals surface area contributed by atoms with Crippen molar-refractivity contribution in [2.75, 3.05) is 12.5 Å². The summed E-state index contributed by atoms with van der Waals surface area (Å²) in [6.45, 7) is -0.218. The third-order valence-corrected chi connectivity index (χ3v) is 5.89. The number of carbonyl (C=O) groups excluding carboxylic acids is 1. The number of nitrogens with zero attached hydrogens (tertiary/aromatic N) is 1. The third-order valence-electron chi connectivity index (χ3n) is 4.95. The molecule has 1 aromatic heterocycles. The van der Waals surface area contributed by atoms with Crippen LogP contribution in [-0.4, -0.2) is 34.5 Å². The summed E-state index contributed by atoms with van der Waals surface area (Å²) in [5.41, 5.74) is 7.84. The summed E-state index contributed by atoms with van der Waals surface area (Å²) < 4.78 is 14.5. The number of hydrogen-bond donors (Lipinski definition) is 3. The van der Waals surface area contributed by atoms with Gasteiger partial charge in [0.2, 0.25) is 0 Å².